The van der Waals surface area contributed by atoms with Crippen LogP contribution < -0.4 is 18.9 Å². The molecule has 2 N–H and O–H groups in total. The zero-order valence-electron chi connectivity index (χ0n) is 19.9. The zero-order valence-corrected chi connectivity index (χ0v) is 19.9. The average Bonchev–Trinajstić information content (AvgIpc) is 3.47. The van der Waals surface area contributed by atoms with Crippen LogP contribution in [0.4, 0.5) is 0 Å². The summed E-state index contributed by atoms with van der Waals surface area (Å²) in [5, 5.41) is 20.7. The van der Waals surface area contributed by atoms with Crippen molar-refractivity contribution in [1.29, 1.82) is 0 Å². The van der Waals surface area contributed by atoms with Crippen molar-refractivity contribution in [3.63, 3.8) is 0 Å². The lowest BCUT2D eigenvalue weighted by Crippen LogP contribution is -2.06. The van der Waals surface area contributed by atoms with Gasteiger partial charge in [-0.2, -0.15) is 0 Å². The molecule has 0 aliphatic carbocycles. The molecule has 184 valence electrons. The molecular weight excluding hydrogens is 452 g/mol. The van der Waals surface area contributed by atoms with Gasteiger partial charge in [-0.1, -0.05) is 13.3 Å². The lowest BCUT2D eigenvalue weighted by atomic mass is 10.0. The molecule has 0 radical (unpaired) electrons. The molecule has 2 aromatic carbocycles. The van der Waals surface area contributed by atoms with Crippen molar-refractivity contribution in [2.75, 3.05) is 21.0 Å². The van der Waals surface area contributed by atoms with Gasteiger partial charge in [0.05, 0.1) is 31.9 Å². The van der Waals surface area contributed by atoms with Crippen molar-refractivity contribution >= 4 is 12.0 Å². The molecule has 0 atom stereocenters. The van der Waals surface area contributed by atoms with Crippen LogP contribution in [-0.4, -0.2) is 46.7 Å². The number of aromatic hydroxyl groups is 1. The molecule has 9 heteroatoms. The van der Waals surface area contributed by atoms with E-state index in [2.05, 4.69) is 11.9 Å². The molecule has 35 heavy (non-hydrogen) atoms. The minimum absolute atomic E-state index is 0.0200. The lowest BCUT2D eigenvalue weighted by Gasteiger charge is -2.13. The van der Waals surface area contributed by atoms with E-state index >= 15 is 0 Å². The van der Waals surface area contributed by atoms with Crippen molar-refractivity contribution in [3.05, 3.63) is 53.5 Å². The molecule has 0 fully saturated rings. The monoisotopic (exact) mass is 480 g/mol. The van der Waals surface area contributed by atoms with Gasteiger partial charge in [0, 0.05) is 41.8 Å². The fraction of sp³-hybridized carbons (Fsp3) is 0.308. The highest BCUT2D eigenvalue weighted by atomic mass is 16.7. The molecule has 2 heterocycles. The highest BCUT2D eigenvalue weighted by Gasteiger charge is 2.22. The number of carbonyl (C=O) groups is 1. The SMILES string of the molecule is CCCCn1cnc(/C=C(\Cc2cc3c(cc2OC)OCO3)C(=O)O)c1-c1ccc(OC)cc1O. The van der Waals surface area contributed by atoms with Crippen molar-refractivity contribution < 1.29 is 34.0 Å². The van der Waals surface area contributed by atoms with Crippen LogP contribution in [0.3, 0.4) is 0 Å². The summed E-state index contributed by atoms with van der Waals surface area (Å²) in [6.07, 6.45) is 5.16. The van der Waals surface area contributed by atoms with Crippen molar-refractivity contribution in [1.82, 2.24) is 9.55 Å². The minimum atomic E-state index is -1.09. The first kappa shape index (κ1) is 24.0. The summed E-state index contributed by atoms with van der Waals surface area (Å²) in [5.41, 5.74) is 2.37. The molecule has 0 unspecified atom stereocenters. The summed E-state index contributed by atoms with van der Waals surface area (Å²) in [5.74, 6) is 1.05. The largest absolute Gasteiger partial charge is 0.507 e. The number of carboxylic acids is 1. The number of aliphatic carboxylic acids is 1. The molecule has 1 aromatic heterocycles. The Balaban J connectivity index is 1.78. The summed E-state index contributed by atoms with van der Waals surface area (Å²) < 4.78 is 23.4. The smallest absolute Gasteiger partial charge is 0.331 e. The Hall–Kier alpha value is -4.14. The van der Waals surface area contributed by atoms with Crippen molar-refractivity contribution in [2.45, 2.75) is 32.7 Å². The van der Waals surface area contributed by atoms with Gasteiger partial charge in [-0.25, -0.2) is 9.78 Å². The maximum absolute atomic E-state index is 12.3. The van der Waals surface area contributed by atoms with E-state index in [1.165, 1.54) is 26.4 Å². The standard InChI is InChI=1S/C26H28N2O7/c1-4-5-8-28-14-27-20(25(28)19-7-6-18(32-2)12-21(19)29)10-17(26(30)31)9-16-11-23-24(35-15-34-23)13-22(16)33-3/h6-7,10-14,29H,4-5,8-9,15H2,1-3H3,(H,30,31)/b17-10+. The van der Waals surface area contributed by atoms with E-state index in [0.29, 0.717) is 52.1 Å². The molecule has 4 rings (SSSR count). The average molecular weight is 481 g/mol. The van der Waals surface area contributed by atoms with Gasteiger partial charge in [-0.3, -0.25) is 0 Å². The van der Waals surface area contributed by atoms with Crippen LogP contribution in [0.2, 0.25) is 0 Å². The number of ether oxygens (including phenoxy) is 4. The number of methoxy groups -OCH3 is 2. The summed E-state index contributed by atoms with van der Waals surface area (Å²) in [7, 11) is 3.04. The number of nitrogens with zero attached hydrogens (tertiary/aromatic N) is 2. The predicted octanol–water partition coefficient (Wildman–Crippen LogP) is 4.51. The second-order valence-corrected chi connectivity index (χ2v) is 8.08. The molecule has 0 saturated heterocycles. The third kappa shape index (κ3) is 5.03. The van der Waals surface area contributed by atoms with Crippen LogP contribution in [-0.2, 0) is 17.8 Å². The number of aryl methyl sites for hydroxylation is 1. The van der Waals surface area contributed by atoms with Crippen LogP contribution >= 0.6 is 0 Å². The maximum atomic E-state index is 12.3. The molecule has 3 aromatic rings. The lowest BCUT2D eigenvalue weighted by molar-refractivity contribution is -0.132. The van der Waals surface area contributed by atoms with Crippen LogP contribution in [0.15, 0.2) is 42.2 Å². The summed E-state index contributed by atoms with van der Waals surface area (Å²) in [6.45, 7) is 2.87. The van der Waals surface area contributed by atoms with E-state index in [0.717, 1.165) is 12.8 Å². The fourth-order valence-corrected chi connectivity index (χ4v) is 3.99. The van der Waals surface area contributed by atoms with Gasteiger partial charge in [0.1, 0.15) is 17.2 Å². The number of hydrogen-bond donors (Lipinski definition) is 2. The molecular formula is C26H28N2O7. The molecule has 0 spiro atoms. The highest BCUT2D eigenvalue weighted by Crippen LogP contribution is 2.39. The number of fused-ring (bicyclic) bond motifs is 1. The normalized spacial score (nSPS) is 12.6. The topological polar surface area (TPSA) is 112 Å². The molecule has 9 nitrogen and oxygen atoms in total. The number of phenolic OH excluding ortho intramolecular Hbond substituents is 1. The predicted molar refractivity (Wildman–Crippen MR) is 129 cm³/mol. The Morgan fingerprint density at radius 2 is 1.94 bits per heavy atom. The Labute approximate surface area is 203 Å². The number of rotatable bonds is 10. The van der Waals surface area contributed by atoms with E-state index in [9.17, 15) is 15.0 Å². The summed E-state index contributed by atoms with van der Waals surface area (Å²) in [4.78, 5) is 16.8. The maximum Gasteiger partial charge on any atom is 0.331 e. The first-order chi connectivity index (χ1) is 16.9. The number of aromatic nitrogens is 2. The van der Waals surface area contributed by atoms with Gasteiger partial charge in [0.25, 0.3) is 0 Å². The number of carboxylic acid groups (broad SMARTS) is 1. The molecule has 0 bridgehead atoms. The molecule has 1 aliphatic heterocycles. The number of benzene rings is 2. The van der Waals surface area contributed by atoms with Crippen LogP contribution in [0, 0.1) is 0 Å². The van der Waals surface area contributed by atoms with Gasteiger partial charge in [-0.15, -0.1) is 0 Å². The van der Waals surface area contributed by atoms with Gasteiger partial charge < -0.3 is 33.7 Å². The third-order valence-corrected chi connectivity index (χ3v) is 5.82. The van der Waals surface area contributed by atoms with Gasteiger partial charge in [0.15, 0.2) is 11.5 Å². The highest BCUT2D eigenvalue weighted by molar-refractivity contribution is 5.94. The first-order valence-corrected chi connectivity index (χ1v) is 11.3. The van der Waals surface area contributed by atoms with E-state index in [4.69, 9.17) is 18.9 Å². The number of unbranched alkanes of at least 4 members (excludes halogenated alkanes) is 1. The Morgan fingerprint density at radius 1 is 1.17 bits per heavy atom. The minimum Gasteiger partial charge on any atom is -0.507 e. The molecule has 0 amide bonds. The van der Waals surface area contributed by atoms with Crippen LogP contribution in [0.1, 0.15) is 31.0 Å². The number of phenols is 1. The first-order valence-electron chi connectivity index (χ1n) is 11.3. The van der Waals surface area contributed by atoms with E-state index in [-0.39, 0.29) is 24.5 Å². The zero-order chi connectivity index (χ0) is 24.9. The van der Waals surface area contributed by atoms with E-state index < -0.39 is 5.97 Å². The Morgan fingerprint density at radius 3 is 2.60 bits per heavy atom. The second kappa shape index (κ2) is 10.4. The summed E-state index contributed by atoms with van der Waals surface area (Å²) in [6, 6.07) is 8.43. The van der Waals surface area contributed by atoms with E-state index in [1.54, 1.807) is 30.6 Å². The summed E-state index contributed by atoms with van der Waals surface area (Å²) >= 11 is 0. The molecule has 0 saturated carbocycles. The second-order valence-electron chi connectivity index (χ2n) is 8.08. The van der Waals surface area contributed by atoms with Gasteiger partial charge >= 0.3 is 5.97 Å². The van der Waals surface area contributed by atoms with Crippen LogP contribution in [0.5, 0.6) is 28.7 Å². The van der Waals surface area contributed by atoms with Crippen LogP contribution in [0.25, 0.3) is 17.3 Å². The third-order valence-electron chi connectivity index (χ3n) is 5.82. The quantitative estimate of drug-likeness (QED) is 0.408. The van der Waals surface area contributed by atoms with Gasteiger partial charge in [0.2, 0.25) is 6.79 Å². The molecule has 1 aliphatic rings. The Kier molecular flexibility index (Phi) is 7.14. The van der Waals surface area contributed by atoms with Crippen molar-refractivity contribution in [3.8, 4) is 40.0 Å². The van der Waals surface area contributed by atoms with Crippen molar-refractivity contribution in [2.24, 2.45) is 0 Å². The van der Waals surface area contributed by atoms with E-state index in [1.807, 2.05) is 4.57 Å². The fourth-order valence-electron chi connectivity index (χ4n) is 3.99. The van der Waals surface area contributed by atoms with Gasteiger partial charge in [-0.05, 0) is 30.7 Å². The number of imidazole rings is 1. The number of hydrogen-bond acceptors (Lipinski definition) is 7. The Bertz CT molecular complexity index is 1260.